The SMILES string of the molecule is CC(C)CNC(=O)C(C)Nc1cc(Br)nc(C(C)C)n1. The standard InChI is InChI=1S/C14H23BrN4O/c1-8(2)7-16-14(20)10(5)17-12-6-11(15)18-13(19-12)9(3)4/h6,8-10H,7H2,1-5H3,(H,16,20)(H,17,18,19). The molecule has 2 N–H and O–H groups in total. The van der Waals surface area contributed by atoms with Crippen LogP contribution >= 0.6 is 15.9 Å². The highest BCUT2D eigenvalue weighted by molar-refractivity contribution is 9.10. The normalized spacial score (nSPS) is 12.6. The second kappa shape index (κ2) is 7.57. The molecule has 0 radical (unpaired) electrons. The highest BCUT2D eigenvalue weighted by Crippen LogP contribution is 2.17. The number of carbonyl (C=O) groups excluding carboxylic acids is 1. The Morgan fingerprint density at radius 1 is 1.25 bits per heavy atom. The lowest BCUT2D eigenvalue weighted by atomic mass is 10.2. The molecule has 0 aliphatic heterocycles. The van der Waals surface area contributed by atoms with E-state index in [1.807, 2.05) is 20.8 Å². The third kappa shape index (κ3) is 5.45. The van der Waals surface area contributed by atoms with Gasteiger partial charge in [0, 0.05) is 18.5 Å². The zero-order valence-corrected chi connectivity index (χ0v) is 14.3. The molecule has 1 rings (SSSR count). The van der Waals surface area contributed by atoms with Gasteiger partial charge in [-0.2, -0.15) is 0 Å². The molecule has 5 nitrogen and oxygen atoms in total. The second-order valence-corrected chi connectivity index (χ2v) is 6.41. The van der Waals surface area contributed by atoms with E-state index in [4.69, 9.17) is 0 Å². The first-order valence-electron chi connectivity index (χ1n) is 6.88. The van der Waals surface area contributed by atoms with E-state index in [1.165, 1.54) is 0 Å². The van der Waals surface area contributed by atoms with E-state index < -0.39 is 0 Å². The van der Waals surface area contributed by atoms with Crippen molar-refractivity contribution in [1.29, 1.82) is 0 Å². The fraction of sp³-hybridized carbons (Fsp3) is 0.643. The lowest BCUT2D eigenvalue weighted by Gasteiger charge is -2.16. The highest BCUT2D eigenvalue weighted by Gasteiger charge is 2.14. The number of nitrogens with zero attached hydrogens (tertiary/aromatic N) is 2. The lowest BCUT2D eigenvalue weighted by molar-refractivity contribution is -0.121. The fourth-order valence-electron chi connectivity index (χ4n) is 1.51. The number of hydrogen-bond donors (Lipinski definition) is 2. The minimum Gasteiger partial charge on any atom is -0.358 e. The minimum atomic E-state index is -0.337. The Morgan fingerprint density at radius 2 is 1.90 bits per heavy atom. The van der Waals surface area contributed by atoms with Crippen molar-refractivity contribution in [2.24, 2.45) is 5.92 Å². The molecule has 1 atom stereocenters. The molecule has 1 amide bonds. The highest BCUT2D eigenvalue weighted by atomic mass is 79.9. The van der Waals surface area contributed by atoms with Gasteiger partial charge in [-0.3, -0.25) is 4.79 Å². The van der Waals surface area contributed by atoms with E-state index >= 15 is 0 Å². The average Bonchev–Trinajstić information content (AvgIpc) is 2.34. The third-order valence-corrected chi connectivity index (χ3v) is 3.08. The Morgan fingerprint density at radius 3 is 2.45 bits per heavy atom. The van der Waals surface area contributed by atoms with Crippen molar-refractivity contribution in [1.82, 2.24) is 15.3 Å². The van der Waals surface area contributed by atoms with E-state index in [0.717, 1.165) is 5.82 Å². The van der Waals surface area contributed by atoms with Crippen LogP contribution in [0.3, 0.4) is 0 Å². The van der Waals surface area contributed by atoms with Gasteiger partial charge in [-0.1, -0.05) is 27.7 Å². The predicted molar refractivity (Wildman–Crippen MR) is 84.8 cm³/mol. The van der Waals surface area contributed by atoms with Crippen molar-refractivity contribution in [3.8, 4) is 0 Å². The monoisotopic (exact) mass is 342 g/mol. The lowest BCUT2D eigenvalue weighted by Crippen LogP contribution is -2.39. The fourth-order valence-corrected chi connectivity index (χ4v) is 1.91. The first-order chi connectivity index (χ1) is 9.29. The van der Waals surface area contributed by atoms with Crippen molar-refractivity contribution < 1.29 is 4.79 Å². The summed E-state index contributed by atoms with van der Waals surface area (Å²) in [5, 5.41) is 6.01. The van der Waals surface area contributed by atoms with E-state index in [-0.39, 0.29) is 17.9 Å². The van der Waals surface area contributed by atoms with Crippen LogP contribution in [-0.2, 0) is 4.79 Å². The van der Waals surface area contributed by atoms with Gasteiger partial charge < -0.3 is 10.6 Å². The summed E-state index contributed by atoms with van der Waals surface area (Å²) in [6.45, 7) is 10.7. The molecule has 1 aromatic heterocycles. The zero-order chi connectivity index (χ0) is 15.3. The Labute approximate surface area is 129 Å². The van der Waals surface area contributed by atoms with Gasteiger partial charge in [0.15, 0.2) is 0 Å². The number of anilines is 1. The topological polar surface area (TPSA) is 66.9 Å². The number of nitrogens with one attached hydrogen (secondary N) is 2. The molecule has 0 aromatic carbocycles. The Balaban J connectivity index is 2.70. The molecular formula is C14H23BrN4O. The summed E-state index contributed by atoms with van der Waals surface area (Å²) in [5.41, 5.74) is 0. The smallest absolute Gasteiger partial charge is 0.242 e. The predicted octanol–water partition coefficient (Wildman–Crippen LogP) is 2.94. The van der Waals surface area contributed by atoms with Crippen LogP contribution in [0.25, 0.3) is 0 Å². The van der Waals surface area contributed by atoms with Crippen molar-refractivity contribution in [2.75, 3.05) is 11.9 Å². The molecule has 0 bridgehead atoms. The van der Waals surface area contributed by atoms with E-state index in [1.54, 1.807) is 6.07 Å². The van der Waals surface area contributed by atoms with Crippen molar-refractivity contribution >= 4 is 27.7 Å². The van der Waals surface area contributed by atoms with Crippen molar-refractivity contribution in [3.05, 3.63) is 16.5 Å². The summed E-state index contributed by atoms with van der Waals surface area (Å²) in [4.78, 5) is 20.7. The van der Waals surface area contributed by atoms with Crippen LogP contribution in [0.1, 0.15) is 46.4 Å². The first-order valence-corrected chi connectivity index (χ1v) is 7.67. The Bertz CT molecular complexity index is 462. The minimum absolute atomic E-state index is 0.0282. The maximum Gasteiger partial charge on any atom is 0.242 e. The molecule has 0 spiro atoms. The molecule has 0 aliphatic carbocycles. The molecule has 1 aromatic rings. The zero-order valence-electron chi connectivity index (χ0n) is 12.7. The van der Waals surface area contributed by atoms with Crippen molar-refractivity contribution in [2.45, 2.75) is 46.6 Å². The van der Waals surface area contributed by atoms with Gasteiger partial charge >= 0.3 is 0 Å². The van der Waals surface area contributed by atoms with Gasteiger partial charge in [-0.15, -0.1) is 0 Å². The van der Waals surface area contributed by atoms with Gasteiger partial charge in [0.1, 0.15) is 22.3 Å². The van der Waals surface area contributed by atoms with E-state index in [2.05, 4.69) is 50.4 Å². The number of carbonyl (C=O) groups is 1. The van der Waals surface area contributed by atoms with Crippen LogP contribution in [0, 0.1) is 5.92 Å². The quantitative estimate of drug-likeness (QED) is 0.780. The average molecular weight is 343 g/mol. The number of amides is 1. The molecule has 20 heavy (non-hydrogen) atoms. The maximum absolute atomic E-state index is 11.9. The first kappa shape index (κ1) is 16.9. The molecule has 0 aliphatic rings. The van der Waals surface area contributed by atoms with E-state index in [0.29, 0.717) is 22.9 Å². The number of rotatable bonds is 6. The number of halogens is 1. The summed E-state index contributed by atoms with van der Waals surface area (Å²) in [6.07, 6.45) is 0. The summed E-state index contributed by atoms with van der Waals surface area (Å²) >= 11 is 3.37. The molecular weight excluding hydrogens is 320 g/mol. The van der Waals surface area contributed by atoms with Crippen LogP contribution < -0.4 is 10.6 Å². The van der Waals surface area contributed by atoms with E-state index in [9.17, 15) is 4.79 Å². The molecule has 1 heterocycles. The molecule has 1 unspecified atom stereocenters. The summed E-state index contributed by atoms with van der Waals surface area (Å²) in [6, 6.07) is 1.44. The van der Waals surface area contributed by atoms with Crippen molar-refractivity contribution in [3.63, 3.8) is 0 Å². The number of hydrogen-bond acceptors (Lipinski definition) is 4. The maximum atomic E-state index is 11.9. The second-order valence-electron chi connectivity index (χ2n) is 5.59. The molecule has 0 saturated heterocycles. The third-order valence-electron chi connectivity index (χ3n) is 2.67. The molecule has 0 fully saturated rings. The van der Waals surface area contributed by atoms with Crippen LogP contribution in [0.2, 0.25) is 0 Å². The summed E-state index contributed by atoms with van der Waals surface area (Å²) < 4.78 is 0.716. The van der Waals surface area contributed by atoms with Gasteiger partial charge in [0.2, 0.25) is 5.91 Å². The van der Waals surface area contributed by atoms with Crippen LogP contribution in [0.15, 0.2) is 10.7 Å². The molecule has 0 saturated carbocycles. The van der Waals surface area contributed by atoms with Crippen LogP contribution in [-0.4, -0.2) is 28.5 Å². The molecule has 6 heteroatoms. The van der Waals surface area contributed by atoms with Crippen LogP contribution in [0.4, 0.5) is 5.82 Å². The molecule has 112 valence electrons. The van der Waals surface area contributed by atoms with Gasteiger partial charge in [0.25, 0.3) is 0 Å². The largest absolute Gasteiger partial charge is 0.358 e. The van der Waals surface area contributed by atoms with Gasteiger partial charge in [0.05, 0.1) is 0 Å². The van der Waals surface area contributed by atoms with Crippen LogP contribution in [0.5, 0.6) is 0 Å². The number of aromatic nitrogens is 2. The van der Waals surface area contributed by atoms with Gasteiger partial charge in [-0.05, 0) is 28.8 Å². The van der Waals surface area contributed by atoms with Gasteiger partial charge in [-0.25, -0.2) is 9.97 Å². The summed E-state index contributed by atoms with van der Waals surface area (Å²) in [5.74, 6) is 2.05. The Hall–Kier alpha value is -1.17. The Kier molecular flexibility index (Phi) is 6.39. The summed E-state index contributed by atoms with van der Waals surface area (Å²) in [7, 11) is 0.